The van der Waals surface area contributed by atoms with Crippen molar-refractivity contribution >= 4 is 34.9 Å². The number of ether oxygens (including phenoxy) is 2. The summed E-state index contributed by atoms with van der Waals surface area (Å²) in [6.45, 7) is 0.361. The largest absolute Gasteiger partial charge is 0.464 e. The molecular formula is C15H14Cl2N2O3. The summed E-state index contributed by atoms with van der Waals surface area (Å²) in [5, 5.41) is 0.655. The molecule has 1 aromatic heterocycles. The number of carbonyl (C=O) groups excluding carboxylic acids is 1. The number of nitrogens with two attached hydrogens (primary N) is 1. The SMILES string of the molecule is COCc1cc(-c2cc(N)c(Cl)c(C(=O)OC)n2)ccc1Cl. The lowest BCUT2D eigenvalue weighted by atomic mass is 10.1. The molecule has 0 fully saturated rings. The fourth-order valence-corrected chi connectivity index (χ4v) is 2.28. The average molecular weight is 341 g/mol. The Hall–Kier alpha value is -1.82. The van der Waals surface area contributed by atoms with Gasteiger partial charge in [0, 0.05) is 17.7 Å². The van der Waals surface area contributed by atoms with E-state index in [-0.39, 0.29) is 16.4 Å². The monoisotopic (exact) mass is 340 g/mol. The third kappa shape index (κ3) is 3.32. The minimum absolute atomic E-state index is 0.0255. The van der Waals surface area contributed by atoms with E-state index in [0.717, 1.165) is 11.1 Å². The highest BCUT2D eigenvalue weighted by atomic mass is 35.5. The maximum absolute atomic E-state index is 11.7. The van der Waals surface area contributed by atoms with Gasteiger partial charge in [-0.05, 0) is 23.8 Å². The van der Waals surface area contributed by atoms with Crippen LogP contribution >= 0.6 is 23.2 Å². The van der Waals surface area contributed by atoms with Crippen molar-refractivity contribution in [1.82, 2.24) is 4.98 Å². The minimum Gasteiger partial charge on any atom is -0.464 e. The molecule has 0 atom stereocenters. The fourth-order valence-electron chi connectivity index (χ4n) is 1.93. The molecule has 0 aliphatic rings. The van der Waals surface area contributed by atoms with E-state index in [2.05, 4.69) is 9.72 Å². The Balaban J connectivity index is 2.55. The first-order valence-corrected chi connectivity index (χ1v) is 7.05. The van der Waals surface area contributed by atoms with Gasteiger partial charge in [-0.25, -0.2) is 9.78 Å². The molecule has 5 nitrogen and oxygen atoms in total. The van der Waals surface area contributed by atoms with E-state index in [1.165, 1.54) is 7.11 Å². The zero-order chi connectivity index (χ0) is 16.3. The molecule has 1 heterocycles. The lowest BCUT2D eigenvalue weighted by Gasteiger charge is -2.10. The summed E-state index contributed by atoms with van der Waals surface area (Å²) in [5.41, 5.74) is 8.11. The van der Waals surface area contributed by atoms with E-state index in [9.17, 15) is 4.79 Å². The quantitative estimate of drug-likeness (QED) is 0.861. The van der Waals surface area contributed by atoms with Crippen molar-refractivity contribution < 1.29 is 14.3 Å². The molecule has 22 heavy (non-hydrogen) atoms. The van der Waals surface area contributed by atoms with Gasteiger partial charge in [-0.2, -0.15) is 0 Å². The van der Waals surface area contributed by atoms with E-state index in [1.54, 1.807) is 25.3 Å². The van der Waals surface area contributed by atoms with Crippen molar-refractivity contribution in [3.63, 3.8) is 0 Å². The summed E-state index contributed by atoms with van der Waals surface area (Å²) in [5.74, 6) is -0.648. The number of hydrogen-bond donors (Lipinski definition) is 1. The summed E-state index contributed by atoms with van der Waals surface area (Å²) < 4.78 is 9.76. The van der Waals surface area contributed by atoms with E-state index in [0.29, 0.717) is 17.3 Å². The predicted molar refractivity (Wildman–Crippen MR) is 86.2 cm³/mol. The molecule has 0 saturated carbocycles. The highest BCUT2D eigenvalue weighted by molar-refractivity contribution is 6.35. The van der Waals surface area contributed by atoms with Crippen molar-refractivity contribution in [2.75, 3.05) is 20.0 Å². The van der Waals surface area contributed by atoms with Gasteiger partial charge in [0.05, 0.1) is 30.1 Å². The van der Waals surface area contributed by atoms with Crippen LogP contribution in [-0.2, 0) is 16.1 Å². The second-order valence-electron chi connectivity index (χ2n) is 4.49. The highest BCUT2D eigenvalue weighted by Gasteiger charge is 2.18. The van der Waals surface area contributed by atoms with Crippen LogP contribution in [0.3, 0.4) is 0 Å². The van der Waals surface area contributed by atoms with Crippen LogP contribution in [0.1, 0.15) is 16.1 Å². The third-order valence-electron chi connectivity index (χ3n) is 3.01. The van der Waals surface area contributed by atoms with Crippen LogP contribution in [0.2, 0.25) is 10.0 Å². The number of rotatable bonds is 4. The van der Waals surface area contributed by atoms with Gasteiger partial charge in [-0.3, -0.25) is 0 Å². The van der Waals surface area contributed by atoms with Crippen molar-refractivity contribution in [3.8, 4) is 11.3 Å². The number of hydrogen-bond acceptors (Lipinski definition) is 5. The molecule has 2 rings (SSSR count). The van der Waals surface area contributed by atoms with E-state index in [1.807, 2.05) is 6.07 Å². The van der Waals surface area contributed by atoms with Crippen LogP contribution in [0.15, 0.2) is 24.3 Å². The van der Waals surface area contributed by atoms with Gasteiger partial charge in [0.1, 0.15) is 0 Å². The molecule has 0 bridgehead atoms. The van der Waals surface area contributed by atoms with Crippen LogP contribution in [0.25, 0.3) is 11.3 Å². The van der Waals surface area contributed by atoms with Crippen LogP contribution in [0.4, 0.5) is 5.69 Å². The Morgan fingerprint density at radius 1 is 1.27 bits per heavy atom. The lowest BCUT2D eigenvalue weighted by Crippen LogP contribution is -2.08. The summed E-state index contributed by atoms with van der Waals surface area (Å²) >= 11 is 12.1. The Kier molecular flexibility index (Phi) is 5.24. The maximum Gasteiger partial charge on any atom is 0.358 e. The molecule has 0 saturated heterocycles. The molecule has 2 N–H and O–H groups in total. The Morgan fingerprint density at radius 3 is 2.64 bits per heavy atom. The van der Waals surface area contributed by atoms with Crippen molar-refractivity contribution in [2.45, 2.75) is 6.61 Å². The number of carbonyl (C=O) groups is 1. The summed E-state index contributed by atoms with van der Waals surface area (Å²) in [4.78, 5) is 16.0. The number of benzene rings is 1. The number of esters is 1. The summed E-state index contributed by atoms with van der Waals surface area (Å²) in [6.07, 6.45) is 0. The predicted octanol–water partition coefficient (Wildman–Crippen LogP) is 3.57. The van der Waals surface area contributed by atoms with E-state index < -0.39 is 5.97 Å². The van der Waals surface area contributed by atoms with Crippen LogP contribution in [-0.4, -0.2) is 25.2 Å². The van der Waals surface area contributed by atoms with Crippen molar-refractivity contribution in [1.29, 1.82) is 0 Å². The topological polar surface area (TPSA) is 74.4 Å². The van der Waals surface area contributed by atoms with Gasteiger partial charge in [0.15, 0.2) is 5.69 Å². The van der Waals surface area contributed by atoms with Gasteiger partial charge in [-0.15, -0.1) is 0 Å². The summed E-state index contributed by atoms with van der Waals surface area (Å²) in [7, 11) is 2.83. The first-order chi connectivity index (χ1) is 10.5. The molecule has 1 aromatic carbocycles. The van der Waals surface area contributed by atoms with Crippen molar-refractivity contribution in [2.24, 2.45) is 0 Å². The maximum atomic E-state index is 11.7. The van der Waals surface area contributed by atoms with Gasteiger partial charge < -0.3 is 15.2 Å². The molecule has 7 heteroatoms. The first-order valence-electron chi connectivity index (χ1n) is 6.30. The number of anilines is 1. The van der Waals surface area contributed by atoms with E-state index in [4.69, 9.17) is 33.7 Å². The Labute approximate surface area is 138 Å². The molecular weight excluding hydrogens is 327 g/mol. The number of halogens is 2. The zero-order valence-corrected chi connectivity index (χ0v) is 13.5. The highest BCUT2D eigenvalue weighted by Crippen LogP contribution is 2.30. The van der Waals surface area contributed by atoms with Gasteiger partial charge >= 0.3 is 5.97 Å². The first kappa shape index (κ1) is 16.5. The molecule has 0 spiro atoms. The van der Waals surface area contributed by atoms with Gasteiger partial charge in [0.2, 0.25) is 0 Å². The van der Waals surface area contributed by atoms with Gasteiger partial charge in [0.25, 0.3) is 0 Å². The lowest BCUT2D eigenvalue weighted by molar-refractivity contribution is 0.0594. The number of nitrogens with zero attached hydrogens (tertiary/aromatic N) is 1. The average Bonchev–Trinajstić information content (AvgIpc) is 2.51. The number of nitrogen functional groups attached to an aromatic ring is 1. The van der Waals surface area contributed by atoms with E-state index >= 15 is 0 Å². The summed E-state index contributed by atoms with van der Waals surface area (Å²) in [6, 6.07) is 6.92. The van der Waals surface area contributed by atoms with Gasteiger partial charge in [-0.1, -0.05) is 29.3 Å². The van der Waals surface area contributed by atoms with Crippen LogP contribution in [0, 0.1) is 0 Å². The Bertz CT molecular complexity index is 720. The van der Waals surface area contributed by atoms with Crippen LogP contribution < -0.4 is 5.73 Å². The molecule has 0 radical (unpaired) electrons. The molecule has 116 valence electrons. The third-order valence-corrected chi connectivity index (χ3v) is 3.77. The molecule has 0 aliphatic carbocycles. The van der Waals surface area contributed by atoms with Crippen LogP contribution in [0.5, 0.6) is 0 Å². The number of methoxy groups -OCH3 is 2. The molecule has 2 aromatic rings. The normalized spacial score (nSPS) is 10.5. The minimum atomic E-state index is -0.648. The standard InChI is InChI=1S/C15H14Cl2N2O3/c1-21-7-9-5-8(3-4-10(9)16)12-6-11(18)13(17)14(19-12)15(20)22-2/h3-6H,7H2,1-2H3,(H2,18,19). The molecule has 0 unspecified atom stereocenters. The fraction of sp³-hybridized carbons (Fsp3) is 0.200. The van der Waals surface area contributed by atoms with Crippen molar-refractivity contribution in [3.05, 3.63) is 45.6 Å². The number of pyridine rings is 1. The zero-order valence-electron chi connectivity index (χ0n) is 12.0. The molecule has 0 amide bonds. The second-order valence-corrected chi connectivity index (χ2v) is 5.28. The molecule has 0 aliphatic heterocycles. The smallest absolute Gasteiger partial charge is 0.358 e. The Morgan fingerprint density at radius 2 is 2.00 bits per heavy atom. The second kappa shape index (κ2) is 6.96. The number of aromatic nitrogens is 1.